The molecule has 0 N–H and O–H groups in total. The molecule has 302 valence electrons. The third kappa shape index (κ3) is 5.41. The molecule has 11 rings (SSSR count). The number of epoxide rings is 1. The van der Waals surface area contributed by atoms with Gasteiger partial charge in [-0.25, -0.2) is 0 Å². The van der Waals surface area contributed by atoms with Gasteiger partial charge in [0.1, 0.15) is 19.5 Å². The molecule has 1 nitrogen and oxygen atoms in total. The molecule has 2 aromatic carbocycles. The van der Waals surface area contributed by atoms with E-state index in [0.29, 0.717) is 53.8 Å². The lowest BCUT2D eigenvalue weighted by Gasteiger charge is -2.38. The van der Waals surface area contributed by atoms with Crippen LogP contribution in [0.1, 0.15) is 29.9 Å². The molecule has 9 aliphatic rings. The Morgan fingerprint density at radius 3 is 1.12 bits per heavy atom. The van der Waals surface area contributed by atoms with Crippen LogP contribution in [-0.4, -0.2) is 44.2 Å². The van der Waals surface area contributed by atoms with Crippen molar-refractivity contribution in [2.75, 3.05) is 0 Å². The second-order valence-corrected chi connectivity index (χ2v) is 25.8. The molecule has 18 heteroatoms. The van der Waals surface area contributed by atoms with Gasteiger partial charge in [-0.3, -0.25) is 0 Å². The van der Waals surface area contributed by atoms with E-state index in [1.165, 1.54) is 0 Å². The molecule has 1 saturated heterocycles. The zero-order chi connectivity index (χ0) is 40.7. The van der Waals surface area contributed by atoms with Crippen LogP contribution in [0.3, 0.4) is 0 Å². The summed E-state index contributed by atoms with van der Waals surface area (Å²) in [5, 5.41) is 2.58. The summed E-state index contributed by atoms with van der Waals surface area (Å²) in [7, 11) is 0. The third-order valence-corrected chi connectivity index (χ3v) is 23.5. The lowest BCUT2D eigenvalue weighted by atomic mass is 9.73. The smallest absolute Gasteiger partial charge is 0.201 e. The Balaban J connectivity index is 0.000000110. The van der Waals surface area contributed by atoms with Gasteiger partial charge in [0.25, 0.3) is 0 Å². The second kappa shape index (κ2) is 14.0. The molecule has 1 heterocycles. The van der Waals surface area contributed by atoms with Gasteiger partial charge in [-0.1, -0.05) is 187 Å². The quantitative estimate of drug-likeness (QED) is 0.126. The second-order valence-electron chi connectivity index (χ2n) is 16.0. The number of allylic oxidation sites excluding steroid dienone is 6. The Morgan fingerprint density at radius 2 is 0.804 bits per heavy atom. The van der Waals surface area contributed by atoms with Gasteiger partial charge in [-0.05, 0) is 95.6 Å². The number of benzene rings is 2. The molecule has 0 amide bonds. The minimum Gasteiger partial charge on any atom is -0.369 e. The molecule has 14 atom stereocenters. The summed E-state index contributed by atoms with van der Waals surface area (Å²) in [6.07, 6.45) is 7.03. The van der Waals surface area contributed by atoms with Gasteiger partial charge in [-0.2, -0.15) is 0 Å². The molecule has 0 spiro atoms. The van der Waals surface area contributed by atoms with Crippen LogP contribution in [0.4, 0.5) is 0 Å². The maximum atomic E-state index is 6.82. The van der Waals surface area contributed by atoms with Gasteiger partial charge >= 0.3 is 0 Å². The summed E-state index contributed by atoms with van der Waals surface area (Å²) in [6, 6.07) is 14.5. The van der Waals surface area contributed by atoms with Crippen molar-refractivity contribution in [1.29, 1.82) is 0 Å². The highest BCUT2D eigenvalue weighted by Gasteiger charge is 2.89. The maximum Gasteiger partial charge on any atom is 0.201 e. The van der Waals surface area contributed by atoms with Crippen molar-refractivity contribution in [3.05, 3.63) is 102 Å². The number of alkyl halides is 11. The first kappa shape index (κ1) is 43.8. The molecular weight excluding hydrogens is 1080 g/mol. The maximum absolute atomic E-state index is 6.82. The van der Waals surface area contributed by atoms with Gasteiger partial charge in [0.2, 0.25) is 3.79 Å². The largest absolute Gasteiger partial charge is 0.369 e. The first-order chi connectivity index (χ1) is 25.9. The van der Waals surface area contributed by atoms with E-state index in [9.17, 15) is 0 Å². The fourth-order valence-corrected chi connectivity index (χ4v) is 18.9. The van der Waals surface area contributed by atoms with Crippen LogP contribution in [-0.2, 0) is 4.74 Å². The van der Waals surface area contributed by atoms with Crippen molar-refractivity contribution in [3.8, 4) is 0 Å². The molecule has 8 aliphatic carbocycles. The molecular formula is C38H25Cl17O. The Hall–Kier alpha value is 2.55. The number of hydrogen-bond acceptors (Lipinski definition) is 1. The minimum absolute atomic E-state index is 0.0467. The molecule has 8 unspecified atom stereocenters. The normalized spacial score (nSPS) is 45.5. The molecule has 8 bridgehead atoms. The van der Waals surface area contributed by atoms with E-state index in [4.69, 9.17) is 202 Å². The van der Waals surface area contributed by atoms with Gasteiger partial charge in [0.15, 0.2) is 8.67 Å². The zero-order valence-corrected chi connectivity index (χ0v) is 40.7. The standard InChI is InChI=1S/C14H9Cl5.C12H8Cl6O.C12H8Cl6/c15-11-5-1-9(2-6-11)13(14(17,18)19)10-3-7-12(16)8-4-10;13-8-9(14)11(16)5-3-1-2(6-7(3)19-6)4(5)10(8,15)12(11,17)18;13-8-9(14)11(16)7-5-2-1-4(3-5)6(7)10(8,15)12(11,17)18/h1-8,13H;2-7H,1H2;1-2,4-7H,3H2/t;;4-,5+,6+,7-,10+,11-. The molecule has 56 heavy (non-hydrogen) atoms. The summed E-state index contributed by atoms with van der Waals surface area (Å²) in [6.45, 7) is 0. The number of ether oxygens (including phenoxy) is 1. The number of hydrogen-bond donors (Lipinski definition) is 0. The Labute approximate surface area is 409 Å². The third-order valence-electron chi connectivity index (χ3n) is 13.8. The van der Waals surface area contributed by atoms with E-state index >= 15 is 0 Å². The van der Waals surface area contributed by atoms with Crippen molar-refractivity contribution >= 4 is 197 Å². The van der Waals surface area contributed by atoms with Crippen LogP contribution in [0.5, 0.6) is 0 Å². The Bertz CT molecular complexity index is 1960. The zero-order valence-electron chi connectivity index (χ0n) is 27.9. The van der Waals surface area contributed by atoms with Gasteiger partial charge in [0.05, 0.1) is 38.3 Å². The van der Waals surface area contributed by atoms with Crippen LogP contribution < -0.4 is 0 Å². The molecule has 0 aromatic heterocycles. The molecule has 0 radical (unpaired) electrons. The molecule has 1 aliphatic heterocycles. The van der Waals surface area contributed by atoms with Crippen LogP contribution in [0.25, 0.3) is 0 Å². The number of rotatable bonds is 2. The fourth-order valence-electron chi connectivity index (χ4n) is 11.7. The lowest BCUT2D eigenvalue weighted by Crippen LogP contribution is -2.46. The van der Waals surface area contributed by atoms with Crippen molar-refractivity contribution in [2.24, 2.45) is 47.3 Å². The SMILES string of the molecule is ClC1=C(Cl)C2(Cl)C3C4CC(C5OC45)C3C1(Cl)C2(Cl)Cl.ClC1=C(Cl)[C@]2(Cl)[C@H]3[C@H]([C@@H]4C=C[C@H]3C4)[C@@]1(Cl)C2(Cl)Cl.Clc1ccc(C(c2ccc(Cl)cc2)C(Cl)(Cl)Cl)cc1. The topological polar surface area (TPSA) is 12.5 Å². The first-order valence-corrected chi connectivity index (χ1v) is 23.9. The van der Waals surface area contributed by atoms with Crippen molar-refractivity contribution in [1.82, 2.24) is 0 Å². The van der Waals surface area contributed by atoms with Crippen LogP contribution in [0.2, 0.25) is 10.0 Å². The van der Waals surface area contributed by atoms with Crippen molar-refractivity contribution in [3.63, 3.8) is 0 Å². The lowest BCUT2D eigenvalue weighted by molar-refractivity contribution is 0.237. The summed E-state index contributed by atoms with van der Waals surface area (Å²) in [5.41, 5.74) is 1.76. The van der Waals surface area contributed by atoms with E-state index in [2.05, 4.69) is 12.2 Å². The summed E-state index contributed by atoms with van der Waals surface area (Å²) in [4.78, 5) is -4.30. The van der Waals surface area contributed by atoms with E-state index in [0.717, 1.165) is 24.0 Å². The summed E-state index contributed by atoms with van der Waals surface area (Å²) in [5.74, 6) is 1.21. The molecule has 2 aromatic rings. The Kier molecular flexibility index (Phi) is 11.0. The fraction of sp³-hybridized carbons (Fsp3) is 0.526. The van der Waals surface area contributed by atoms with Crippen LogP contribution >= 0.6 is 197 Å². The first-order valence-electron chi connectivity index (χ1n) is 17.5. The molecule has 6 fully saturated rings. The predicted octanol–water partition coefficient (Wildman–Crippen LogP) is 16.2. The Morgan fingerprint density at radius 1 is 0.482 bits per heavy atom. The predicted molar refractivity (Wildman–Crippen MR) is 241 cm³/mol. The summed E-state index contributed by atoms with van der Waals surface area (Å²) < 4.78 is 1.52. The highest BCUT2D eigenvalue weighted by Crippen LogP contribution is 2.85. The highest BCUT2D eigenvalue weighted by molar-refractivity contribution is 6.69. The average molecular weight is 1100 g/mol. The van der Waals surface area contributed by atoms with Gasteiger partial charge < -0.3 is 4.74 Å². The van der Waals surface area contributed by atoms with E-state index in [-0.39, 0.29) is 41.8 Å². The highest BCUT2D eigenvalue weighted by atomic mass is 35.6. The van der Waals surface area contributed by atoms with Crippen molar-refractivity contribution < 1.29 is 4.74 Å². The van der Waals surface area contributed by atoms with Gasteiger partial charge in [0, 0.05) is 10.0 Å². The monoisotopic (exact) mass is 1090 g/mol. The number of halogens is 17. The van der Waals surface area contributed by atoms with Gasteiger partial charge in [-0.15, -0.1) is 46.4 Å². The number of fused-ring (bicyclic) bond motifs is 21. The van der Waals surface area contributed by atoms with E-state index < -0.39 is 32.0 Å². The minimum atomic E-state index is -1.46. The molecule has 5 saturated carbocycles. The van der Waals surface area contributed by atoms with Crippen molar-refractivity contribution in [2.45, 2.75) is 62.9 Å². The average Bonchev–Trinajstić information content (AvgIpc) is 3.55. The van der Waals surface area contributed by atoms with Crippen LogP contribution in [0, 0.1) is 47.3 Å². The summed E-state index contributed by atoms with van der Waals surface area (Å²) >= 11 is 109. The van der Waals surface area contributed by atoms with E-state index in [1.807, 2.05) is 24.3 Å². The van der Waals surface area contributed by atoms with E-state index in [1.54, 1.807) is 24.3 Å². The van der Waals surface area contributed by atoms with Crippen LogP contribution in [0.15, 0.2) is 80.8 Å².